The number of aryl methyl sites for hydroxylation is 2. The molecule has 0 aliphatic heterocycles. The number of hydrogen-bond acceptors (Lipinski definition) is 3. The Balaban J connectivity index is 1.62. The fraction of sp³-hybridized carbons (Fsp3) is 0.381. The van der Waals surface area contributed by atoms with Crippen molar-refractivity contribution in [1.29, 1.82) is 0 Å². The number of carbonyl (C=O) groups is 1. The van der Waals surface area contributed by atoms with Gasteiger partial charge in [0.15, 0.2) is 0 Å². The number of hydrogen-bond donors (Lipinski definition) is 2. The normalized spacial score (nSPS) is 15.7. The molecule has 146 valence electrons. The van der Waals surface area contributed by atoms with Crippen LogP contribution in [-0.4, -0.2) is 25.9 Å². The maximum atomic E-state index is 13.8. The van der Waals surface area contributed by atoms with Crippen LogP contribution < -0.4 is 5.32 Å². The number of benzene rings is 1. The molecule has 7 heteroatoms. The minimum atomic E-state index is -0.537. The molecule has 2 heterocycles. The highest BCUT2D eigenvalue weighted by Gasteiger charge is 2.37. The van der Waals surface area contributed by atoms with E-state index < -0.39 is 5.54 Å². The second-order valence-electron chi connectivity index (χ2n) is 7.59. The maximum absolute atomic E-state index is 13.8. The molecule has 0 spiro atoms. The molecule has 2 aromatic heterocycles. The van der Waals surface area contributed by atoms with Crippen LogP contribution in [0.25, 0.3) is 11.3 Å². The average Bonchev–Trinajstić information content (AvgIpc) is 3.37. The van der Waals surface area contributed by atoms with Crippen LogP contribution in [0, 0.1) is 19.7 Å². The minimum absolute atomic E-state index is 0.232. The summed E-state index contributed by atoms with van der Waals surface area (Å²) in [5.41, 5.74) is 4.15. The van der Waals surface area contributed by atoms with E-state index in [1.165, 1.54) is 12.1 Å². The summed E-state index contributed by atoms with van der Waals surface area (Å²) in [5, 5.41) is 14.7. The lowest BCUT2D eigenvalue weighted by atomic mass is 9.88. The van der Waals surface area contributed by atoms with Gasteiger partial charge in [-0.25, -0.2) is 4.39 Å². The van der Waals surface area contributed by atoms with Crippen molar-refractivity contribution in [2.45, 2.75) is 45.1 Å². The van der Waals surface area contributed by atoms with Gasteiger partial charge in [0, 0.05) is 18.3 Å². The van der Waals surface area contributed by atoms with Gasteiger partial charge in [-0.1, -0.05) is 25.0 Å². The van der Waals surface area contributed by atoms with Crippen LogP contribution >= 0.6 is 0 Å². The predicted octanol–water partition coefficient (Wildman–Crippen LogP) is 3.77. The summed E-state index contributed by atoms with van der Waals surface area (Å²) < 4.78 is 15.6. The number of rotatable bonds is 4. The zero-order valence-corrected chi connectivity index (χ0v) is 16.3. The van der Waals surface area contributed by atoms with Crippen molar-refractivity contribution < 1.29 is 9.18 Å². The van der Waals surface area contributed by atoms with Gasteiger partial charge in [-0.2, -0.15) is 10.2 Å². The minimum Gasteiger partial charge on any atom is -0.341 e. The van der Waals surface area contributed by atoms with Crippen molar-refractivity contribution in [2.75, 3.05) is 0 Å². The number of halogens is 1. The number of aromatic nitrogens is 4. The smallest absolute Gasteiger partial charge is 0.270 e. The van der Waals surface area contributed by atoms with Crippen molar-refractivity contribution in [3.63, 3.8) is 0 Å². The number of H-pyrrole nitrogens is 1. The average molecular weight is 381 g/mol. The van der Waals surface area contributed by atoms with Crippen molar-refractivity contribution in [3.05, 3.63) is 58.8 Å². The summed E-state index contributed by atoms with van der Waals surface area (Å²) in [6, 6.07) is 8.27. The Morgan fingerprint density at radius 1 is 1.25 bits per heavy atom. The molecule has 0 saturated heterocycles. The lowest BCUT2D eigenvalue weighted by Gasteiger charge is -2.31. The second kappa shape index (κ2) is 6.89. The van der Waals surface area contributed by atoms with Gasteiger partial charge in [-0.15, -0.1) is 0 Å². The van der Waals surface area contributed by atoms with Gasteiger partial charge in [0.05, 0.1) is 16.9 Å². The number of nitrogens with zero attached hydrogens (tertiary/aromatic N) is 3. The van der Waals surface area contributed by atoms with Gasteiger partial charge >= 0.3 is 0 Å². The highest BCUT2D eigenvalue weighted by molar-refractivity contribution is 5.94. The second-order valence-corrected chi connectivity index (χ2v) is 7.59. The first-order chi connectivity index (χ1) is 13.4. The Morgan fingerprint density at radius 3 is 2.64 bits per heavy atom. The summed E-state index contributed by atoms with van der Waals surface area (Å²) in [6.45, 7) is 3.90. The predicted molar refractivity (Wildman–Crippen MR) is 104 cm³/mol. The molecule has 2 N–H and O–H groups in total. The Labute approximate surface area is 163 Å². The van der Waals surface area contributed by atoms with Gasteiger partial charge in [0.25, 0.3) is 5.91 Å². The molecule has 1 saturated carbocycles. The Morgan fingerprint density at radius 2 is 2.00 bits per heavy atom. The molecule has 1 aromatic carbocycles. The molecule has 28 heavy (non-hydrogen) atoms. The molecule has 0 radical (unpaired) electrons. The molecule has 0 atom stereocenters. The van der Waals surface area contributed by atoms with Crippen LogP contribution in [0.1, 0.15) is 53.1 Å². The molecular formula is C21H24FN5O. The highest BCUT2D eigenvalue weighted by atomic mass is 19.1. The monoisotopic (exact) mass is 381 g/mol. The van der Waals surface area contributed by atoms with E-state index in [4.69, 9.17) is 0 Å². The van der Waals surface area contributed by atoms with Crippen molar-refractivity contribution >= 4 is 5.91 Å². The summed E-state index contributed by atoms with van der Waals surface area (Å²) in [4.78, 5) is 13.0. The lowest BCUT2D eigenvalue weighted by molar-refractivity contribution is 0.0892. The molecule has 1 fully saturated rings. The van der Waals surface area contributed by atoms with Crippen LogP contribution in [0.3, 0.4) is 0 Å². The summed E-state index contributed by atoms with van der Waals surface area (Å²) >= 11 is 0. The lowest BCUT2D eigenvalue weighted by Crippen LogP contribution is -2.44. The molecule has 4 rings (SSSR count). The number of amides is 1. The fourth-order valence-electron chi connectivity index (χ4n) is 4.25. The summed E-state index contributed by atoms with van der Waals surface area (Å²) in [6.07, 6.45) is 3.59. The number of aromatic amines is 1. The van der Waals surface area contributed by atoms with Crippen LogP contribution in [-0.2, 0) is 12.6 Å². The van der Waals surface area contributed by atoms with Crippen molar-refractivity contribution in [3.8, 4) is 11.3 Å². The molecule has 0 bridgehead atoms. The van der Waals surface area contributed by atoms with Crippen LogP contribution in [0.15, 0.2) is 30.3 Å². The molecule has 0 unspecified atom stereocenters. The largest absolute Gasteiger partial charge is 0.341 e. The SMILES string of the molecule is Cc1nn(C)c(C)c1-c1cc(C(=O)NC2(c3cccc(F)c3)CCCC2)[nH]n1. The third-order valence-electron chi connectivity index (χ3n) is 5.77. The summed E-state index contributed by atoms with van der Waals surface area (Å²) in [5.74, 6) is -0.520. The first-order valence-electron chi connectivity index (χ1n) is 9.54. The molecule has 1 aliphatic rings. The van der Waals surface area contributed by atoms with E-state index in [0.717, 1.165) is 48.2 Å². The highest BCUT2D eigenvalue weighted by Crippen LogP contribution is 2.39. The third-order valence-corrected chi connectivity index (χ3v) is 5.77. The van der Waals surface area contributed by atoms with Crippen molar-refractivity contribution in [2.24, 2.45) is 7.05 Å². The molecule has 6 nitrogen and oxygen atoms in total. The maximum Gasteiger partial charge on any atom is 0.270 e. The quantitative estimate of drug-likeness (QED) is 0.722. The van der Waals surface area contributed by atoms with Crippen LogP contribution in [0.4, 0.5) is 4.39 Å². The fourth-order valence-corrected chi connectivity index (χ4v) is 4.25. The number of nitrogens with one attached hydrogen (secondary N) is 2. The van der Waals surface area contributed by atoms with Crippen LogP contribution in [0.5, 0.6) is 0 Å². The van der Waals surface area contributed by atoms with E-state index in [9.17, 15) is 9.18 Å². The Hall–Kier alpha value is -2.96. The van der Waals surface area contributed by atoms with Crippen molar-refractivity contribution in [1.82, 2.24) is 25.3 Å². The van der Waals surface area contributed by atoms with Gasteiger partial charge in [-0.05, 0) is 50.5 Å². The van der Waals surface area contributed by atoms with Gasteiger partial charge in [0.1, 0.15) is 11.5 Å². The molecular weight excluding hydrogens is 357 g/mol. The van der Waals surface area contributed by atoms with Gasteiger partial charge < -0.3 is 5.32 Å². The summed E-state index contributed by atoms with van der Waals surface area (Å²) in [7, 11) is 1.88. The number of carbonyl (C=O) groups excluding carboxylic acids is 1. The standard InChI is InChI=1S/C21H24FN5O/c1-13-19(14(2)27(3)26-13)17-12-18(25-24-17)20(28)23-21(9-4-5-10-21)15-7-6-8-16(22)11-15/h6-8,11-12H,4-5,9-10H2,1-3H3,(H,23,28)(H,24,25). The topological polar surface area (TPSA) is 75.6 Å². The molecule has 1 aliphatic carbocycles. The van der Waals surface area contributed by atoms with E-state index in [2.05, 4.69) is 20.6 Å². The zero-order valence-electron chi connectivity index (χ0n) is 16.3. The van der Waals surface area contributed by atoms with E-state index in [-0.39, 0.29) is 11.7 Å². The van der Waals surface area contributed by atoms with E-state index >= 15 is 0 Å². The van der Waals surface area contributed by atoms with E-state index in [1.807, 2.05) is 27.0 Å². The van der Waals surface area contributed by atoms with Gasteiger partial charge in [-0.3, -0.25) is 14.6 Å². The Kier molecular flexibility index (Phi) is 4.53. The van der Waals surface area contributed by atoms with E-state index in [0.29, 0.717) is 11.4 Å². The third kappa shape index (κ3) is 3.10. The Bertz CT molecular complexity index is 1030. The van der Waals surface area contributed by atoms with E-state index in [1.54, 1.807) is 16.8 Å². The van der Waals surface area contributed by atoms with Gasteiger partial charge in [0.2, 0.25) is 0 Å². The first-order valence-corrected chi connectivity index (χ1v) is 9.54. The molecule has 1 amide bonds. The van der Waals surface area contributed by atoms with Crippen LogP contribution in [0.2, 0.25) is 0 Å². The zero-order chi connectivity index (χ0) is 19.9. The first kappa shape index (κ1) is 18.4. The molecule has 3 aromatic rings.